The van der Waals surface area contributed by atoms with Crippen molar-refractivity contribution in [2.75, 3.05) is 25.1 Å². The maximum atomic E-state index is 3.42. The van der Waals surface area contributed by atoms with Gasteiger partial charge in [-0.25, -0.2) is 0 Å². The fraction of sp³-hybridized carbons (Fsp3) is 1.00. The van der Waals surface area contributed by atoms with Crippen LogP contribution < -0.4 is 5.32 Å². The third-order valence-electron chi connectivity index (χ3n) is 2.86. The normalized spacial score (nSPS) is 23.5. The van der Waals surface area contributed by atoms with Crippen LogP contribution >= 0.6 is 11.8 Å². The first kappa shape index (κ1) is 9.40. The fourth-order valence-electron chi connectivity index (χ4n) is 1.86. The quantitative estimate of drug-likeness (QED) is 0.701. The zero-order chi connectivity index (χ0) is 8.16. The Morgan fingerprint density at radius 3 is 2.45 bits per heavy atom. The average Bonchev–Trinajstić information content (AvgIpc) is 2.07. The minimum atomic E-state index is 0.671. The molecule has 0 aromatic heterocycles. The first-order valence-corrected chi connectivity index (χ1v) is 5.92. The minimum absolute atomic E-state index is 0.671. The highest BCUT2D eigenvalue weighted by atomic mass is 32.2. The topological polar surface area (TPSA) is 12.0 Å². The molecule has 0 aromatic carbocycles. The lowest BCUT2D eigenvalue weighted by Crippen LogP contribution is -2.37. The van der Waals surface area contributed by atoms with E-state index in [2.05, 4.69) is 18.5 Å². The molecule has 0 atom stereocenters. The summed E-state index contributed by atoms with van der Waals surface area (Å²) in [7, 11) is 0. The lowest BCUT2D eigenvalue weighted by Gasteiger charge is -2.36. The van der Waals surface area contributed by atoms with E-state index in [4.69, 9.17) is 0 Å². The lowest BCUT2D eigenvalue weighted by atomic mass is 9.78. The molecule has 0 radical (unpaired) electrons. The Morgan fingerprint density at radius 1 is 1.36 bits per heavy atom. The molecule has 1 N–H and O–H groups in total. The molecule has 1 heterocycles. The van der Waals surface area contributed by atoms with E-state index in [1.165, 1.54) is 38.1 Å². The van der Waals surface area contributed by atoms with Gasteiger partial charge in [0, 0.05) is 0 Å². The van der Waals surface area contributed by atoms with E-state index in [0.717, 1.165) is 0 Å². The molecule has 66 valence electrons. The average molecular weight is 173 g/mol. The van der Waals surface area contributed by atoms with Crippen molar-refractivity contribution in [1.82, 2.24) is 5.32 Å². The molecule has 0 aromatic rings. The summed E-state index contributed by atoms with van der Waals surface area (Å²) in [5.74, 6) is 1.35. The monoisotopic (exact) mass is 173 g/mol. The Kier molecular flexibility index (Phi) is 3.73. The molecule has 1 aliphatic heterocycles. The summed E-state index contributed by atoms with van der Waals surface area (Å²) in [5.41, 5.74) is 0.671. The van der Waals surface area contributed by atoms with E-state index in [0.29, 0.717) is 5.41 Å². The Bertz CT molecular complexity index is 103. The molecule has 1 fully saturated rings. The van der Waals surface area contributed by atoms with Gasteiger partial charge in [-0.3, -0.25) is 0 Å². The molecule has 1 aliphatic rings. The van der Waals surface area contributed by atoms with Gasteiger partial charge in [-0.1, -0.05) is 6.92 Å². The molecule has 1 nitrogen and oxygen atoms in total. The van der Waals surface area contributed by atoms with Gasteiger partial charge in [0.25, 0.3) is 0 Å². The molecule has 1 saturated heterocycles. The number of hydrogen-bond acceptors (Lipinski definition) is 2. The number of nitrogens with one attached hydrogen (secondary N) is 1. The van der Waals surface area contributed by atoms with Gasteiger partial charge in [-0.2, -0.15) is 11.8 Å². The lowest BCUT2D eigenvalue weighted by molar-refractivity contribution is 0.228. The number of rotatable bonds is 3. The first-order chi connectivity index (χ1) is 5.33. The molecule has 1 rings (SSSR count). The summed E-state index contributed by atoms with van der Waals surface area (Å²) >= 11 is 2.00. The van der Waals surface area contributed by atoms with Crippen LogP contribution in [0.25, 0.3) is 0 Å². The second-order valence-electron chi connectivity index (χ2n) is 3.54. The van der Waals surface area contributed by atoms with Crippen LogP contribution in [0.4, 0.5) is 0 Å². The highest BCUT2D eigenvalue weighted by Gasteiger charge is 2.28. The van der Waals surface area contributed by atoms with Gasteiger partial charge in [-0.15, -0.1) is 0 Å². The molecule has 0 bridgehead atoms. The van der Waals surface area contributed by atoms with Crippen molar-refractivity contribution in [2.24, 2.45) is 5.41 Å². The van der Waals surface area contributed by atoms with Crippen LogP contribution in [-0.4, -0.2) is 25.1 Å². The van der Waals surface area contributed by atoms with Crippen molar-refractivity contribution in [2.45, 2.75) is 26.2 Å². The number of hydrogen-bond donors (Lipinski definition) is 1. The summed E-state index contributed by atoms with van der Waals surface area (Å²) in [5, 5.41) is 3.42. The highest BCUT2D eigenvalue weighted by Crippen LogP contribution is 2.35. The standard InChI is InChI=1S/C9H19NS/c1-3-9(8-11-2)4-6-10-7-5-9/h10H,3-8H2,1-2H3. The van der Waals surface area contributed by atoms with Gasteiger partial charge in [-0.05, 0) is 49.8 Å². The second kappa shape index (κ2) is 4.36. The van der Waals surface area contributed by atoms with Gasteiger partial charge in [0.15, 0.2) is 0 Å². The third-order valence-corrected chi connectivity index (χ3v) is 3.77. The summed E-state index contributed by atoms with van der Waals surface area (Å²) in [6.07, 6.45) is 6.34. The SMILES string of the molecule is CCC1(CSC)CCNCC1. The van der Waals surface area contributed by atoms with Gasteiger partial charge >= 0.3 is 0 Å². The Morgan fingerprint density at radius 2 is 2.00 bits per heavy atom. The van der Waals surface area contributed by atoms with Gasteiger partial charge < -0.3 is 5.32 Å². The Labute approximate surface area is 74.3 Å². The molecule has 0 aliphatic carbocycles. The minimum Gasteiger partial charge on any atom is -0.317 e. The van der Waals surface area contributed by atoms with E-state index in [1.54, 1.807) is 0 Å². The largest absolute Gasteiger partial charge is 0.317 e. The molecular weight excluding hydrogens is 154 g/mol. The zero-order valence-corrected chi connectivity index (χ0v) is 8.47. The maximum Gasteiger partial charge on any atom is -0.00127 e. The zero-order valence-electron chi connectivity index (χ0n) is 7.65. The van der Waals surface area contributed by atoms with Crippen LogP contribution in [0.2, 0.25) is 0 Å². The van der Waals surface area contributed by atoms with Crippen LogP contribution in [-0.2, 0) is 0 Å². The fourth-order valence-corrected chi connectivity index (χ4v) is 2.97. The van der Waals surface area contributed by atoms with Gasteiger partial charge in [0.2, 0.25) is 0 Å². The summed E-state index contributed by atoms with van der Waals surface area (Å²) in [6, 6.07) is 0. The van der Waals surface area contributed by atoms with Gasteiger partial charge in [0.1, 0.15) is 0 Å². The molecule has 0 spiro atoms. The molecule has 0 unspecified atom stereocenters. The molecule has 2 heteroatoms. The molecule has 0 amide bonds. The summed E-state index contributed by atoms with van der Waals surface area (Å²) in [4.78, 5) is 0. The summed E-state index contributed by atoms with van der Waals surface area (Å²) in [6.45, 7) is 4.80. The predicted molar refractivity (Wildman–Crippen MR) is 53.2 cm³/mol. The van der Waals surface area contributed by atoms with Crippen molar-refractivity contribution in [3.05, 3.63) is 0 Å². The molecular formula is C9H19NS. The van der Waals surface area contributed by atoms with Crippen molar-refractivity contribution >= 4 is 11.8 Å². The van der Waals surface area contributed by atoms with Crippen LogP contribution in [0.1, 0.15) is 26.2 Å². The molecule has 11 heavy (non-hydrogen) atoms. The Balaban J connectivity index is 2.42. The van der Waals surface area contributed by atoms with Crippen molar-refractivity contribution < 1.29 is 0 Å². The third kappa shape index (κ3) is 2.38. The molecule has 0 saturated carbocycles. The van der Waals surface area contributed by atoms with Crippen molar-refractivity contribution in [1.29, 1.82) is 0 Å². The van der Waals surface area contributed by atoms with E-state index < -0.39 is 0 Å². The van der Waals surface area contributed by atoms with Gasteiger partial charge in [0.05, 0.1) is 0 Å². The second-order valence-corrected chi connectivity index (χ2v) is 4.40. The smallest absolute Gasteiger partial charge is 0.00127 e. The van der Waals surface area contributed by atoms with Crippen molar-refractivity contribution in [3.8, 4) is 0 Å². The van der Waals surface area contributed by atoms with E-state index in [9.17, 15) is 0 Å². The van der Waals surface area contributed by atoms with E-state index >= 15 is 0 Å². The Hall–Kier alpha value is 0.310. The van der Waals surface area contributed by atoms with Crippen LogP contribution in [0, 0.1) is 5.41 Å². The number of piperidine rings is 1. The van der Waals surface area contributed by atoms with E-state index in [1.807, 2.05) is 11.8 Å². The summed E-state index contributed by atoms with van der Waals surface area (Å²) < 4.78 is 0. The van der Waals surface area contributed by atoms with Crippen LogP contribution in [0.3, 0.4) is 0 Å². The van der Waals surface area contributed by atoms with E-state index in [-0.39, 0.29) is 0 Å². The van der Waals surface area contributed by atoms with Crippen LogP contribution in [0.5, 0.6) is 0 Å². The number of thioether (sulfide) groups is 1. The van der Waals surface area contributed by atoms with Crippen molar-refractivity contribution in [3.63, 3.8) is 0 Å². The predicted octanol–water partition coefficient (Wildman–Crippen LogP) is 2.13. The maximum absolute atomic E-state index is 3.42. The van der Waals surface area contributed by atoms with Crippen LogP contribution in [0.15, 0.2) is 0 Å². The first-order valence-electron chi connectivity index (χ1n) is 4.53. The highest BCUT2D eigenvalue weighted by molar-refractivity contribution is 7.98.